The molecule has 33 heavy (non-hydrogen) atoms. The minimum absolute atomic E-state index is 0.158. The first kappa shape index (κ1) is 22.1. The lowest BCUT2D eigenvalue weighted by Gasteiger charge is -2.08. The minimum Gasteiger partial charge on any atom is -0.497 e. The molecule has 4 aromatic rings. The molecule has 2 aromatic carbocycles. The normalized spacial score (nSPS) is 11.7. The van der Waals surface area contributed by atoms with Crippen LogP contribution in [0.5, 0.6) is 5.75 Å². The summed E-state index contributed by atoms with van der Waals surface area (Å²) in [6.45, 7) is 2.53. The molecule has 0 aliphatic rings. The van der Waals surface area contributed by atoms with Crippen molar-refractivity contribution in [2.45, 2.75) is 19.9 Å². The molecule has 0 unspecified atom stereocenters. The smallest absolute Gasteiger partial charge is 0.337 e. The van der Waals surface area contributed by atoms with Gasteiger partial charge in [0, 0.05) is 29.3 Å². The van der Waals surface area contributed by atoms with Crippen LogP contribution < -0.4 is 4.74 Å². The van der Waals surface area contributed by atoms with E-state index in [9.17, 15) is 14.3 Å². The lowest BCUT2D eigenvalue weighted by atomic mass is 10.1. The van der Waals surface area contributed by atoms with E-state index in [1.54, 1.807) is 54.3 Å². The Kier molecular flexibility index (Phi) is 6.39. The van der Waals surface area contributed by atoms with Gasteiger partial charge in [0.25, 0.3) is 0 Å². The van der Waals surface area contributed by atoms with Crippen molar-refractivity contribution in [3.8, 4) is 17.0 Å². The predicted octanol–water partition coefficient (Wildman–Crippen LogP) is 4.97. The fraction of sp³-hybridized carbons (Fsp3) is 0.208. The van der Waals surface area contributed by atoms with Crippen molar-refractivity contribution >= 4 is 22.6 Å². The summed E-state index contributed by atoms with van der Waals surface area (Å²) in [5.74, 6) is -0.436. The minimum atomic E-state index is -1.04. The SMILES string of the molecule is CCCON=C(Cn1cc(C(=O)O)c2ccc(OC)cc21)c1cc(-c2ccc(F)cc2)no1. The Morgan fingerprint density at radius 3 is 2.70 bits per heavy atom. The van der Waals surface area contributed by atoms with Crippen molar-refractivity contribution in [1.82, 2.24) is 9.72 Å². The van der Waals surface area contributed by atoms with Crippen LogP contribution in [0.25, 0.3) is 22.2 Å². The Labute approximate surface area is 188 Å². The molecule has 4 rings (SSSR count). The van der Waals surface area contributed by atoms with Gasteiger partial charge in [-0.1, -0.05) is 17.2 Å². The number of oxime groups is 1. The molecule has 0 amide bonds. The third-order valence-corrected chi connectivity index (χ3v) is 5.04. The summed E-state index contributed by atoms with van der Waals surface area (Å²) in [7, 11) is 1.55. The van der Waals surface area contributed by atoms with E-state index in [-0.39, 0.29) is 17.9 Å². The second-order valence-corrected chi connectivity index (χ2v) is 7.31. The summed E-state index contributed by atoms with van der Waals surface area (Å²) in [5.41, 5.74) is 2.43. The summed E-state index contributed by atoms with van der Waals surface area (Å²) >= 11 is 0. The van der Waals surface area contributed by atoms with Gasteiger partial charge >= 0.3 is 5.97 Å². The van der Waals surface area contributed by atoms with Gasteiger partial charge in [0.2, 0.25) is 0 Å². The molecule has 2 aromatic heterocycles. The number of aromatic nitrogens is 2. The fourth-order valence-electron chi connectivity index (χ4n) is 3.40. The topological polar surface area (TPSA) is 99.1 Å². The summed E-state index contributed by atoms with van der Waals surface area (Å²) in [5, 5.41) is 18.5. The Morgan fingerprint density at radius 2 is 2.00 bits per heavy atom. The highest BCUT2D eigenvalue weighted by Crippen LogP contribution is 2.27. The second-order valence-electron chi connectivity index (χ2n) is 7.31. The molecule has 0 saturated heterocycles. The highest BCUT2D eigenvalue weighted by atomic mass is 19.1. The third kappa shape index (κ3) is 4.72. The molecule has 0 saturated carbocycles. The zero-order valence-corrected chi connectivity index (χ0v) is 18.1. The van der Waals surface area contributed by atoms with E-state index in [2.05, 4.69) is 10.3 Å². The van der Waals surface area contributed by atoms with E-state index in [4.69, 9.17) is 14.1 Å². The van der Waals surface area contributed by atoms with Gasteiger partial charge < -0.3 is 23.8 Å². The largest absolute Gasteiger partial charge is 0.497 e. The molecule has 0 aliphatic heterocycles. The average Bonchev–Trinajstić information content (AvgIpc) is 3.44. The number of fused-ring (bicyclic) bond motifs is 1. The van der Waals surface area contributed by atoms with Crippen molar-refractivity contribution in [2.75, 3.05) is 13.7 Å². The van der Waals surface area contributed by atoms with Gasteiger partial charge in [-0.2, -0.15) is 0 Å². The van der Waals surface area contributed by atoms with Crippen molar-refractivity contribution < 1.29 is 28.4 Å². The average molecular weight is 451 g/mol. The van der Waals surface area contributed by atoms with Crippen LogP contribution in [0.15, 0.2) is 64.4 Å². The van der Waals surface area contributed by atoms with E-state index < -0.39 is 5.97 Å². The zero-order chi connectivity index (χ0) is 23.4. The van der Waals surface area contributed by atoms with Crippen LogP contribution >= 0.6 is 0 Å². The molecule has 0 bridgehead atoms. The molecule has 0 aliphatic carbocycles. The Hall–Kier alpha value is -4.14. The van der Waals surface area contributed by atoms with E-state index in [1.807, 2.05) is 6.92 Å². The molecule has 8 nitrogen and oxygen atoms in total. The molecular formula is C24H22FN3O5. The number of halogens is 1. The highest BCUT2D eigenvalue weighted by Gasteiger charge is 2.19. The summed E-state index contributed by atoms with van der Waals surface area (Å²) in [6.07, 6.45) is 2.31. The van der Waals surface area contributed by atoms with Crippen LogP contribution in [0.1, 0.15) is 29.5 Å². The summed E-state index contributed by atoms with van der Waals surface area (Å²) in [6, 6.07) is 12.8. The lowest BCUT2D eigenvalue weighted by Crippen LogP contribution is -2.11. The maximum absolute atomic E-state index is 13.3. The van der Waals surface area contributed by atoms with Gasteiger partial charge in [0.05, 0.1) is 24.7 Å². The maximum Gasteiger partial charge on any atom is 0.337 e. The standard InChI is InChI=1S/C24H22FN3O5/c1-3-10-32-26-21(23-12-20(27-33-23)15-4-6-16(25)7-5-15)14-28-13-19(24(29)30)18-9-8-17(31-2)11-22(18)28/h4-9,11-13H,3,10,14H2,1-2H3,(H,29,30). The lowest BCUT2D eigenvalue weighted by molar-refractivity contribution is 0.0699. The van der Waals surface area contributed by atoms with Crippen molar-refractivity contribution in [3.63, 3.8) is 0 Å². The Balaban J connectivity index is 1.73. The number of rotatable bonds is 9. The van der Waals surface area contributed by atoms with E-state index in [1.165, 1.54) is 12.1 Å². The molecule has 0 radical (unpaired) electrons. The van der Waals surface area contributed by atoms with Crippen LogP contribution in [0, 0.1) is 5.82 Å². The zero-order valence-electron chi connectivity index (χ0n) is 18.1. The number of hydrogen-bond acceptors (Lipinski definition) is 6. The molecule has 0 spiro atoms. The number of carboxylic acids is 1. The molecule has 9 heteroatoms. The highest BCUT2D eigenvalue weighted by molar-refractivity contribution is 6.05. The second kappa shape index (κ2) is 9.56. The van der Waals surface area contributed by atoms with Gasteiger partial charge in [0.15, 0.2) is 5.76 Å². The first-order valence-electron chi connectivity index (χ1n) is 10.3. The van der Waals surface area contributed by atoms with Crippen LogP contribution in [0.4, 0.5) is 4.39 Å². The Bertz CT molecular complexity index is 1310. The number of benzene rings is 2. The number of hydrogen-bond donors (Lipinski definition) is 1. The van der Waals surface area contributed by atoms with Gasteiger partial charge in [-0.15, -0.1) is 0 Å². The van der Waals surface area contributed by atoms with Crippen molar-refractivity contribution in [2.24, 2.45) is 5.16 Å². The quantitative estimate of drug-likeness (QED) is 0.219. The monoisotopic (exact) mass is 451 g/mol. The summed E-state index contributed by atoms with van der Waals surface area (Å²) < 4.78 is 25.8. The van der Waals surface area contributed by atoms with E-state index in [0.29, 0.717) is 46.0 Å². The Morgan fingerprint density at radius 1 is 1.21 bits per heavy atom. The number of methoxy groups -OCH3 is 1. The van der Waals surface area contributed by atoms with Crippen molar-refractivity contribution in [3.05, 3.63) is 71.9 Å². The third-order valence-electron chi connectivity index (χ3n) is 5.04. The van der Waals surface area contributed by atoms with Crippen LogP contribution in [0.2, 0.25) is 0 Å². The first-order valence-corrected chi connectivity index (χ1v) is 10.3. The number of carboxylic acid groups (broad SMARTS) is 1. The molecular weight excluding hydrogens is 429 g/mol. The van der Waals surface area contributed by atoms with Gasteiger partial charge in [-0.3, -0.25) is 0 Å². The van der Waals surface area contributed by atoms with Gasteiger partial charge in [0.1, 0.15) is 29.6 Å². The van der Waals surface area contributed by atoms with Crippen LogP contribution in [0.3, 0.4) is 0 Å². The van der Waals surface area contributed by atoms with E-state index >= 15 is 0 Å². The van der Waals surface area contributed by atoms with Gasteiger partial charge in [-0.05, 0) is 42.8 Å². The summed E-state index contributed by atoms with van der Waals surface area (Å²) in [4.78, 5) is 17.2. The molecule has 0 fully saturated rings. The molecule has 0 atom stereocenters. The number of aromatic carboxylic acids is 1. The number of nitrogens with zero attached hydrogens (tertiary/aromatic N) is 3. The number of ether oxygens (including phenoxy) is 1. The first-order chi connectivity index (χ1) is 16.0. The fourth-order valence-corrected chi connectivity index (χ4v) is 3.40. The molecule has 1 N–H and O–H groups in total. The number of carbonyl (C=O) groups is 1. The molecule has 2 heterocycles. The van der Waals surface area contributed by atoms with Gasteiger partial charge in [-0.25, -0.2) is 9.18 Å². The predicted molar refractivity (Wildman–Crippen MR) is 120 cm³/mol. The van der Waals surface area contributed by atoms with Crippen LogP contribution in [-0.4, -0.2) is 40.2 Å². The van der Waals surface area contributed by atoms with Crippen molar-refractivity contribution in [1.29, 1.82) is 0 Å². The van der Waals surface area contributed by atoms with Crippen LogP contribution in [-0.2, 0) is 11.4 Å². The van der Waals surface area contributed by atoms with E-state index in [0.717, 1.165) is 6.42 Å². The molecule has 170 valence electrons. The maximum atomic E-state index is 13.3.